The number of aryl methyl sites for hydroxylation is 1. The van der Waals surface area contributed by atoms with E-state index >= 15 is 0 Å². The molecule has 21 heavy (non-hydrogen) atoms. The molecule has 0 aromatic heterocycles. The van der Waals surface area contributed by atoms with Crippen molar-refractivity contribution in [1.29, 1.82) is 0 Å². The van der Waals surface area contributed by atoms with Gasteiger partial charge in [0.2, 0.25) is 0 Å². The first-order valence-corrected chi connectivity index (χ1v) is 7.30. The highest BCUT2D eigenvalue weighted by Gasteiger charge is 2.24. The van der Waals surface area contributed by atoms with Crippen LogP contribution in [0, 0.1) is 6.92 Å². The lowest BCUT2D eigenvalue weighted by molar-refractivity contribution is 0.0530. The Morgan fingerprint density at radius 3 is 2.19 bits per heavy atom. The van der Waals surface area contributed by atoms with Gasteiger partial charge in [0.25, 0.3) is 0 Å². The van der Waals surface area contributed by atoms with Gasteiger partial charge in [-0.05, 0) is 26.3 Å². The summed E-state index contributed by atoms with van der Waals surface area (Å²) >= 11 is 0. The molecule has 0 aliphatic rings. The standard InChI is InChI=1S/C17H28N2O2/c1-13-7-9-14(10-8-13)16(2,3)11-18-15(20)19(6)12-17(4,5)21/h7-10,21H,11-12H2,1-6H3,(H,18,20). The Balaban J connectivity index is 2.60. The van der Waals surface area contributed by atoms with Crippen LogP contribution < -0.4 is 5.32 Å². The number of carbonyl (C=O) groups is 1. The smallest absolute Gasteiger partial charge is 0.317 e. The number of nitrogens with zero attached hydrogens (tertiary/aromatic N) is 1. The average Bonchev–Trinajstić information content (AvgIpc) is 2.34. The Morgan fingerprint density at radius 2 is 1.71 bits per heavy atom. The van der Waals surface area contributed by atoms with Gasteiger partial charge < -0.3 is 15.3 Å². The number of likely N-dealkylation sites (N-methyl/N-ethyl adjacent to an activating group) is 1. The molecule has 1 aromatic rings. The molecule has 0 fully saturated rings. The number of aliphatic hydroxyl groups is 1. The van der Waals surface area contributed by atoms with Crippen LogP contribution in [-0.4, -0.2) is 41.8 Å². The lowest BCUT2D eigenvalue weighted by Crippen LogP contribution is -2.47. The van der Waals surface area contributed by atoms with Crippen molar-refractivity contribution in [3.63, 3.8) is 0 Å². The third-order valence-electron chi connectivity index (χ3n) is 3.49. The number of nitrogens with one attached hydrogen (secondary N) is 1. The Labute approximate surface area is 128 Å². The van der Waals surface area contributed by atoms with Crippen LogP contribution in [0.5, 0.6) is 0 Å². The SMILES string of the molecule is Cc1ccc(C(C)(C)CNC(=O)N(C)CC(C)(C)O)cc1. The zero-order chi connectivity index (χ0) is 16.3. The molecule has 0 atom stereocenters. The third-order valence-corrected chi connectivity index (χ3v) is 3.49. The first-order valence-electron chi connectivity index (χ1n) is 7.30. The van der Waals surface area contributed by atoms with E-state index in [4.69, 9.17) is 0 Å². The maximum atomic E-state index is 12.1. The van der Waals surface area contributed by atoms with E-state index in [1.165, 1.54) is 16.0 Å². The molecule has 0 spiro atoms. The summed E-state index contributed by atoms with van der Waals surface area (Å²) in [6.07, 6.45) is 0. The largest absolute Gasteiger partial charge is 0.389 e. The quantitative estimate of drug-likeness (QED) is 0.876. The fraction of sp³-hybridized carbons (Fsp3) is 0.588. The summed E-state index contributed by atoms with van der Waals surface area (Å²) in [6.45, 7) is 10.5. The Morgan fingerprint density at radius 1 is 1.19 bits per heavy atom. The molecule has 118 valence electrons. The van der Waals surface area contributed by atoms with E-state index in [2.05, 4.69) is 50.4 Å². The highest BCUT2D eigenvalue weighted by atomic mass is 16.3. The van der Waals surface area contributed by atoms with Gasteiger partial charge in [0.05, 0.1) is 12.1 Å². The highest BCUT2D eigenvalue weighted by Crippen LogP contribution is 2.22. The molecule has 1 rings (SSSR count). The summed E-state index contributed by atoms with van der Waals surface area (Å²) < 4.78 is 0. The topological polar surface area (TPSA) is 52.6 Å². The fourth-order valence-electron chi connectivity index (χ4n) is 2.19. The van der Waals surface area contributed by atoms with Gasteiger partial charge in [-0.25, -0.2) is 4.79 Å². The first-order chi connectivity index (χ1) is 9.51. The molecular formula is C17H28N2O2. The lowest BCUT2D eigenvalue weighted by atomic mass is 9.84. The first kappa shape index (κ1) is 17.5. The molecule has 4 nitrogen and oxygen atoms in total. The molecule has 2 N–H and O–H groups in total. The average molecular weight is 292 g/mol. The van der Waals surface area contributed by atoms with Gasteiger partial charge >= 0.3 is 6.03 Å². The van der Waals surface area contributed by atoms with Crippen LogP contribution in [0.1, 0.15) is 38.8 Å². The van der Waals surface area contributed by atoms with Crippen molar-refractivity contribution in [3.05, 3.63) is 35.4 Å². The van der Waals surface area contributed by atoms with Crippen molar-refractivity contribution in [3.8, 4) is 0 Å². The zero-order valence-corrected chi connectivity index (χ0v) is 14.0. The summed E-state index contributed by atoms with van der Waals surface area (Å²) in [5.74, 6) is 0. The van der Waals surface area contributed by atoms with Crippen LogP contribution in [0.2, 0.25) is 0 Å². The van der Waals surface area contributed by atoms with Gasteiger partial charge in [-0.15, -0.1) is 0 Å². The van der Waals surface area contributed by atoms with E-state index in [1.54, 1.807) is 20.9 Å². The van der Waals surface area contributed by atoms with Gasteiger partial charge in [-0.2, -0.15) is 0 Å². The Hall–Kier alpha value is -1.55. The number of hydrogen-bond donors (Lipinski definition) is 2. The van der Waals surface area contributed by atoms with Crippen LogP contribution in [0.25, 0.3) is 0 Å². The summed E-state index contributed by atoms with van der Waals surface area (Å²) in [5, 5.41) is 12.7. The summed E-state index contributed by atoms with van der Waals surface area (Å²) in [6, 6.07) is 8.19. The van der Waals surface area contributed by atoms with E-state index in [0.717, 1.165) is 0 Å². The van der Waals surface area contributed by atoms with E-state index in [0.29, 0.717) is 13.1 Å². The predicted molar refractivity (Wildman–Crippen MR) is 86.5 cm³/mol. The molecule has 0 bridgehead atoms. The summed E-state index contributed by atoms with van der Waals surface area (Å²) in [5.41, 5.74) is 1.39. The maximum absolute atomic E-state index is 12.1. The van der Waals surface area contributed by atoms with E-state index < -0.39 is 5.60 Å². The van der Waals surface area contributed by atoms with E-state index in [1.807, 2.05) is 0 Å². The normalized spacial score (nSPS) is 12.1. The van der Waals surface area contributed by atoms with E-state index in [9.17, 15) is 9.90 Å². The number of benzene rings is 1. The number of amides is 2. The molecule has 0 aliphatic carbocycles. The molecule has 1 aromatic carbocycles. The number of urea groups is 1. The van der Waals surface area contributed by atoms with Gasteiger partial charge in [-0.1, -0.05) is 43.7 Å². The lowest BCUT2D eigenvalue weighted by Gasteiger charge is -2.29. The van der Waals surface area contributed by atoms with Gasteiger partial charge in [0.15, 0.2) is 0 Å². The monoisotopic (exact) mass is 292 g/mol. The number of carbonyl (C=O) groups excluding carboxylic acids is 1. The predicted octanol–water partition coefficient (Wildman–Crippen LogP) is 2.68. The van der Waals surface area contributed by atoms with Gasteiger partial charge in [0, 0.05) is 19.0 Å². The molecule has 0 saturated carbocycles. The fourth-order valence-corrected chi connectivity index (χ4v) is 2.19. The van der Waals surface area contributed by atoms with Crippen LogP contribution in [0.4, 0.5) is 4.79 Å². The minimum absolute atomic E-state index is 0.140. The van der Waals surface area contributed by atoms with E-state index in [-0.39, 0.29) is 11.4 Å². The van der Waals surface area contributed by atoms with Crippen molar-refractivity contribution in [2.45, 2.75) is 45.6 Å². The summed E-state index contributed by atoms with van der Waals surface area (Å²) in [4.78, 5) is 13.6. The molecule has 0 saturated heterocycles. The van der Waals surface area contributed by atoms with Gasteiger partial charge in [-0.3, -0.25) is 0 Å². The number of rotatable bonds is 5. The molecule has 0 aliphatic heterocycles. The Kier molecular flexibility index (Phi) is 5.40. The van der Waals surface area contributed by atoms with Crippen LogP contribution in [-0.2, 0) is 5.41 Å². The second-order valence-corrected chi connectivity index (χ2v) is 7.08. The Bertz CT molecular complexity index is 473. The molecule has 0 heterocycles. The summed E-state index contributed by atoms with van der Waals surface area (Å²) in [7, 11) is 1.69. The second kappa shape index (κ2) is 6.48. The zero-order valence-electron chi connectivity index (χ0n) is 14.0. The minimum Gasteiger partial charge on any atom is -0.389 e. The van der Waals surface area contributed by atoms with Crippen LogP contribution >= 0.6 is 0 Å². The van der Waals surface area contributed by atoms with Crippen molar-refractivity contribution in [1.82, 2.24) is 10.2 Å². The van der Waals surface area contributed by atoms with Crippen LogP contribution in [0.15, 0.2) is 24.3 Å². The maximum Gasteiger partial charge on any atom is 0.317 e. The van der Waals surface area contributed by atoms with Crippen LogP contribution in [0.3, 0.4) is 0 Å². The molecule has 0 radical (unpaired) electrons. The molecule has 2 amide bonds. The second-order valence-electron chi connectivity index (χ2n) is 7.08. The van der Waals surface area contributed by atoms with Crippen molar-refractivity contribution < 1.29 is 9.90 Å². The third kappa shape index (κ3) is 5.76. The van der Waals surface area contributed by atoms with Crippen molar-refractivity contribution in [2.75, 3.05) is 20.1 Å². The number of hydrogen-bond acceptors (Lipinski definition) is 2. The minimum atomic E-state index is -0.890. The molecule has 0 unspecified atom stereocenters. The molecule has 4 heteroatoms. The van der Waals surface area contributed by atoms with Gasteiger partial charge in [0.1, 0.15) is 0 Å². The van der Waals surface area contributed by atoms with Crippen molar-refractivity contribution in [2.24, 2.45) is 0 Å². The molecular weight excluding hydrogens is 264 g/mol. The van der Waals surface area contributed by atoms with Crippen molar-refractivity contribution >= 4 is 6.03 Å². The highest BCUT2D eigenvalue weighted by molar-refractivity contribution is 5.74.